The van der Waals surface area contributed by atoms with Crippen molar-refractivity contribution in [1.82, 2.24) is 20.1 Å². The number of H-pyrrole nitrogens is 1. The van der Waals surface area contributed by atoms with Gasteiger partial charge in [0.1, 0.15) is 5.56 Å². The number of hydrogen-bond donors (Lipinski definition) is 2. The molecule has 116 valence electrons. The van der Waals surface area contributed by atoms with Gasteiger partial charge in [-0.15, -0.1) is 0 Å². The van der Waals surface area contributed by atoms with Crippen LogP contribution >= 0.6 is 0 Å². The van der Waals surface area contributed by atoms with Crippen LogP contribution in [0.25, 0.3) is 10.8 Å². The van der Waals surface area contributed by atoms with E-state index in [-0.39, 0.29) is 23.2 Å². The minimum absolute atomic E-state index is 0.0590. The van der Waals surface area contributed by atoms with Crippen LogP contribution in [0, 0.1) is 0 Å². The number of amides is 1. The highest BCUT2D eigenvalue weighted by Crippen LogP contribution is 2.11. The van der Waals surface area contributed by atoms with E-state index in [0.717, 1.165) is 0 Å². The molecule has 3 aromatic rings. The Bertz CT molecular complexity index is 1000. The lowest BCUT2D eigenvalue weighted by molar-refractivity contribution is 0.0948. The normalized spacial score (nSPS) is 10.7. The molecule has 0 unspecified atom stereocenters. The highest BCUT2D eigenvalue weighted by Gasteiger charge is 2.12. The summed E-state index contributed by atoms with van der Waals surface area (Å²) >= 11 is 0. The molecule has 3 rings (SSSR count). The van der Waals surface area contributed by atoms with Crippen molar-refractivity contribution in [2.24, 2.45) is 7.05 Å². The second kappa shape index (κ2) is 5.88. The van der Waals surface area contributed by atoms with E-state index in [9.17, 15) is 14.4 Å². The quantitative estimate of drug-likeness (QED) is 0.738. The van der Waals surface area contributed by atoms with Crippen molar-refractivity contribution in [1.29, 1.82) is 0 Å². The maximum absolute atomic E-state index is 12.2. The van der Waals surface area contributed by atoms with Gasteiger partial charge in [0.2, 0.25) is 0 Å². The number of benzene rings is 1. The summed E-state index contributed by atoms with van der Waals surface area (Å²) in [5, 5.41) is 10.2. The summed E-state index contributed by atoms with van der Waals surface area (Å²) in [6.45, 7) is 0.105. The van der Waals surface area contributed by atoms with Crippen molar-refractivity contribution in [3.63, 3.8) is 0 Å². The molecule has 0 bridgehead atoms. The van der Waals surface area contributed by atoms with Gasteiger partial charge in [-0.05, 0) is 18.2 Å². The molecule has 0 aliphatic carbocycles. The second-order valence-electron chi connectivity index (χ2n) is 5.07. The number of aromatic amines is 1. The molecule has 0 aliphatic rings. The molecule has 0 saturated heterocycles. The van der Waals surface area contributed by atoms with E-state index in [4.69, 9.17) is 0 Å². The van der Waals surface area contributed by atoms with Crippen LogP contribution in [0.3, 0.4) is 0 Å². The van der Waals surface area contributed by atoms with Crippen LogP contribution < -0.4 is 16.4 Å². The lowest BCUT2D eigenvalue weighted by atomic mass is 10.1. The molecular weight excluding hydrogens is 296 g/mol. The summed E-state index contributed by atoms with van der Waals surface area (Å²) < 4.78 is 1.34. The first-order valence-corrected chi connectivity index (χ1v) is 6.98. The SMILES string of the molecule is Cn1cccc(C(=O)NCc2n[nH]c(=O)c3ccccc23)c1=O. The van der Waals surface area contributed by atoms with Crippen LogP contribution in [-0.2, 0) is 13.6 Å². The molecule has 0 atom stereocenters. The van der Waals surface area contributed by atoms with Crippen LogP contribution in [0.15, 0.2) is 52.2 Å². The van der Waals surface area contributed by atoms with Crippen LogP contribution in [0.2, 0.25) is 0 Å². The van der Waals surface area contributed by atoms with Gasteiger partial charge in [-0.2, -0.15) is 5.10 Å². The van der Waals surface area contributed by atoms with Crippen LogP contribution in [0.1, 0.15) is 16.1 Å². The van der Waals surface area contributed by atoms with Crippen molar-refractivity contribution in [2.75, 3.05) is 0 Å². The van der Waals surface area contributed by atoms with Gasteiger partial charge in [0, 0.05) is 18.6 Å². The lowest BCUT2D eigenvalue weighted by Crippen LogP contribution is -2.32. The molecule has 7 heteroatoms. The number of pyridine rings is 1. The largest absolute Gasteiger partial charge is 0.346 e. The molecule has 1 aromatic carbocycles. The van der Waals surface area contributed by atoms with E-state index in [1.165, 1.54) is 10.6 Å². The third-order valence-corrected chi connectivity index (χ3v) is 3.56. The van der Waals surface area contributed by atoms with Gasteiger partial charge in [0.15, 0.2) is 0 Å². The number of carbonyl (C=O) groups excluding carboxylic acids is 1. The highest BCUT2D eigenvalue weighted by atomic mass is 16.2. The minimum Gasteiger partial charge on any atom is -0.346 e. The number of aryl methyl sites for hydroxylation is 1. The molecular formula is C16H14N4O3. The standard InChI is InChI=1S/C16H14N4O3/c1-20-8-4-7-12(16(20)23)14(21)17-9-13-10-5-2-3-6-11(10)15(22)19-18-13/h2-8H,9H2,1H3,(H,17,21)(H,19,22). The van der Waals surface area contributed by atoms with E-state index in [0.29, 0.717) is 16.5 Å². The molecule has 2 heterocycles. The maximum Gasteiger partial charge on any atom is 0.272 e. The number of rotatable bonds is 3. The van der Waals surface area contributed by atoms with Crippen molar-refractivity contribution < 1.29 is 4.79 Å². The molecule has 0 saturated carbocycles. The minimum atomic E-state index is -0.483. The first-order valence-electron chi connectivity index (χ1n) is 6.98. The predicted octanol–water partition coefficient (Wildman–Crippen LogP) is 0.552. The summed E-state index contributed by atoms with van der Waals surface area (Å²) in [5.41, 5.74) is -0.0677. The summed E-state index contributed by atoms with van der Waals surface area (Å²) in [6, 6.07) is 10.1. The van der Waals surface area contributed by atoms with Gasteiger partial charge in [0.05, 0.1) is 17.6 Å². The van der Waals surface area contributed by atoms with Crippen LogP contribution in [-0.4, -0.2) is 20.7 Å². The first-order chi connectivity index (χ1) is 11.1. The summed E-state index contributed by atoms with van der Waals surface area (Å²) in [4.78, 5) is 35.8. The van der Waals surface area contributed by atoms with Crippen molar-refractivity contribution >= 4 is 16.7 Å². The van der Waals surface area contributed by atoms with Crippen LogP contribution in [0.4, 0.5) is 0 Å². The van der Waals surface area contributed by atoms with E-state index >= 15 is 0 Å². The number of nitrogens with one attached hydrogen (secondary N) is 2. The van der Waals surface area contributed by atoms with Crippen LogP contribution in [0.5, 0.6) is 0 Å². The lowest BCUT2D eigenvalue weighted by Gasteiger charge is -2.07. The fourth-order valence-corrected chi connectivity index (χ4v) is 2.34. The maximum atomic E-state index is 12.2. The Morgan fingerprint density at radius 2 is 1.91 bits per heavy atom. The number of carbonyl (C=O) groups is 1. The van der Waals surface area contributed by atoms with Gasteiger partial charge in [-0.1, -0.05) is 18.2 Å². The molecule has 23 heavy (non-hydrogen) atoms. The molecule has 7 nitrogen and oxygen atoms in total. The first kappa shape index (κ1) is 14.7. The zero-order valence-electron chi connectivity index (χ0n) is 12.4. The average molecular weight is 310 g/mol. The molecule has 2 aromatic heterocycles. The Labute approximate surface area is 130 Å². The second-order valence-corrected chi connectivity index (χ2v) is 5.07. The van der Waals surface area contributed by atoms with Gasteiger partial charge in [0.25, 0.3) is 17.0 Å². The summed E-state index contributed by atoms with van der Waals surface area (Å²) in [7, 11) is 1.58. The third kappa shape index (κ3) is 2.76. The molecule has 1 amide bonds. The summed E-state index contributed by atoms with van der Waals surface area (Å²) in [5.74, 6) is -0.483. The zero-order chi connectivity index (χ0) is 16.4. The van der Waals surface area contributed by atoms with E-state index in [1.54, 1.807) is 43.6 Å². The van der Waals surface area contributed by atoms with E-state index in [2.05, 4.69) is 15.5 Å². The smallest absolute Gasteiger partial charge is 0.272 e. The van der Waals surface area contributed by atoms with Gasteiger partial charge in [-0.25, -0.2) is 5.10 Å². The highest BCUT2D eigenvalue weighted by molar-refractivity contribution is 5.94. The Kier molecular flexibility index (Phi) is 3.76. The molecule has 0 spiro atoms. The molecule has 2 N–H and O–H groups in total. The topological polar surface area (TPSA) is 96.8 Å². The van der Waals surface area contributed by atoms with Crippen molar-refractivity contribution in [3.8, 4) is 0 Å². The van der Waals surface area contributed by atoms with E-state index < -0.39 is 5.91 Å². The number of aromatic nitrogens is 3. The molecule has 0 aliphatic heterocycles. The predicted molar refractivity (Wildman–Crippen MR) is 85.2 cm³/mol. The average Bonchev–Trinajstić information content (AvgIpc) is 2.57. The Balaban J connectivity index is 1.88. The fourth-order valence-electron chi connectivity index (χ4n) is 2.34. The monoisotopic (exact) mass is 310 g/mol. The Morgan fingerprint density at radius 3 is 2.70 bits per heavy atom. The molecule has 0 radical (unpaired) electrons. The zero-order valence-corrected chi connectivity index (χ0v) is 12.4. The molecule has 0 fully saturated rings. The van der Waals surface area contributed by atoms with E-state index in [1.807, 2.05) is 0 Å². The van der Waals surface area contributed by atoms with Gasteiger partial charge in [-0.3, -0.25) is 14.4 Å². The van der Waals surface area contributed by atoms with Crippen molar-refractivity contribution in [2.45, 2.75) is 6.54 Å². The number of nitrogens with zero attached hydrogens (tertiary/aromatic N) is 2. The Morgan fingerprint density at radius 1 is 1.17 bits per heavy atom. The van der Waals surface area contributed by atoms with Gasteiger partial charge < -0.3 is 9.88 Å². The van der Waals surface area contributed by atoms with Crippen molar-refractivity contribution in [3.05, 3.63) is 74.6 Å². The fraction of sp³-hybridized carbons (Fsp3) is 0.125. The van der Waals surface area contributed by atoms with Gasteiger partial charge >= 0.3 is 0 Å². The number of fused-ring (bicyclic) bond motifs is 1. The third-order valence-electron chi connectivity index (χ3n) is 3.56. The Hall–Kier alpha value is -3.22. The summed E-state index contributed by atoms with van der Waals surface area (Å²) in [6.07, 6.45) is 1.58. The number of hydrogen-bond acceptors (Lipinski definition) is 4.